The number of alkyl halides is 2. The standard InChI is InChI=1S/C11H13F3N2O2/c1-16(6-17)4-7-2-8(15)3-9(12)11(7)18-5-10(13)14/h2-3,6,10H,4-5,15H2,1H3. The van der Waals surface area contributed by atoms with Crippen LogP contribution in [0.2, 0.25) is 0 Å². The molecule has 1 rings (SSSR count). The van der Waals surface area contributed by atoms with E-state index in [0.29, 0.717) is 6.41 Å². The molecule has 0 heterocycles. The Kier molecular flexibility index (Phi) is 4.82. The number of halogens is 3. The first kappa shape index (κ1) is 14.1. The lowest BCUT2D eigenvalue weighted by Gasteiger charge is -2.16. The SMILES string of the molecule is CN(C=O)Cc1cc(N)cc(F)c1OCC(F)F. The third kappa shape index (κ3) is 3.83. The second-order valence-corrected chi connectivity index (χ2v) is 3.71. The van der Waals surface area contributed by atoms with Gasteiger partial charge < -0.3 is 15.4 Å². The van der Waals surface area contributed by atoms with Crippen molar-refractivity contribution in [1.29, 1.82) is 0 Å². The Morgan fingerprint density at radius 1 is 1.50 bits per heavy atom. The molecule has 0 atom stereocenters. The second kappa shape index (κ2) is 6.13. The summed E-state index contributed by atoms with van der Waals surface area (Å²) in [7, 11) is 1.46. The van der Waals surface area contributed by atoms with E-state index in [9.17, 15) is 18.0 Å². The van der Waals surface area contributed by atoms with Crippen LogP contribution in [0.3, 0.4) is 0 Å². The lowest BCUT2D eigenvalue weighted by molar-refractivity contribution is -0.117. The number of ether oxygens (including phenoxy) is 1. The van der Waals surface area contributed by atoms with Crippen LogP contribution in [0.25, 0.3) is 0 Å². The zero-order valence-electron chi connectivity index (χ0n) is 9.70. The molecule has 18 heavy (non-hydrogen) atoms. The molecule has 1 aromatic carbocycles. The van der Waals surface area contributed by atoms with Crippen molar-refractivity contribution in [2.24, 2.45) is 0 Å². The molecule has 2 N–H and O–H groups in total. The largest absolute Gasteiger partial charge is 0.484 e. The smallest absolute Gasteiger partial charge is 0.272 e. The minimum absolute atomic E-state index is 0.0179. The van der Waals surface area contributed by atoms with Crippen molar-refractivity contribution in [3.05, 3.63) is 23.5 Å². The molecular weight excluding hydrogens is 249 g/mol. The summed E-state index contributed by atoms with van der Waals surface area (Å²) in [6.45, 7) is -0.900. The molecule has 0 spiro atoms. The molecule has 0 aliphatic rings. The Bertz CT molecular complexity index is 427. The van der Waals surface area contributed by atoms with Gasteiger partial charge in [-0.15, -0.1) is 0 Å². The quantitative estimate of drug-likeness (QED) is 0.626. The lowest BCUT2D eigenvalue weighted by Crippen LogP contribution is -2.17. The molecular formula is C11H13F3N2O2. The van der Waals surface area contributed by atoms with Gasteiger partial charge in [-0.3, -0.25) is 4.79 Å². The summed E-state index contributed by atoms with van der Waals surface area (Å²) in [6, 6.07) is 2.36. The van der Waals surface area contributed by atoms with Gasteiger partial charge in [0.15, 0.2) is 11.6 Å². The minimum Gasteiger partial charge on any atom is -0.484 e. The molecule has 0 bridgehead atoms. The molecule has 0 radical (unpaired) electrons. The summed E-state index contributed by atoms with van der Waals surface area (Å²) in [4.78, 5) is 11.7. The first-order valence-electron chi connectivity index (χ1n) is 5.08. The number of anilines is 1. The molecule has 0 aliphatic heterocycles. The van der Waals surface area contributed by atoms with Gasteiger partial charge in [0.1, 0.15) is 6.61 Å². The predicted molar refractivity (Wildman–Crippen MR) is 59.8 cm³/mol. The maximum absolute atomic E-state index is 13.6. The summed E-state index contributed by atoms with van der Waals surface area (Å²) in [5, 5.41) is 0. The van der Waals surface area contributed by atoms with Crippen LogP contribution in [0.5, 0.6) is 5.75 Å². The molecule has 0 fully saturated rings. The highest BCUT2D eigenvalue weighted by Crippen LogP contribution is 2.27. The highest BCUT2D eigenvalue weighted by atomic mass is 19.3. The zero-order valence-corrected chi connectivity index (χ0v) is 9.70. The summed E-state index contributed by atoms with van der Waals surface area (Å²) in [5.41, 5.74) is 5.82. The monoisotopic (exact) mass is 262 g/mol. The Morgan fingerprint density at radius 3 is 2.72 bits per heavy atom. The van der Waals surface area contributed by atoms with Gasteiger partial charge in [-0.1, -0.05) is 0 Å². The first-order valence-corrected chi connectivity index (χ1v) is 5.08. The van der Waals surface area contributed by atoms with E-state index >= 15 is 0 Å². The molecule has 0 saturated heterocycles. The zero-order chi connectivity index (χ0) is 13.7. The third-order valence-corrected chi connectivity index (χ3v) is 2.10. The number of carbonyl (C=O) groups excluding carboxylic acids is 1. The lowest BCUT2D eigenvalue weighted by atomic mass is 10.1. The van der Waals surface area contributed by atoms with Gasteiger partial charge in [0.05, 0.1) is 0 Å². The van der Waals surface area contributed by atoms with E-state index in [1.165, 1.54) is 18.0 Å². The molecule has 4 nitrogen and oxygen atoms in total. The fourth-order valence-corrected chi connectivity index (χ4v) is 1.41. The summed E-state index contributed by atoms with van der Waals surface area (Å²) in [6.07, 6.45) is -2.18. The summed E-state index contributed by atoms with van der Waals surface area (Å²) >= 11 is 0. The molecule has 1 amide bonds. The van der Waals surface area contributed by atoms with E-state index in [1.54, 1.807) is 0 Å². The average Bonchev–Trinajstić information content (AvgIpc) is 2.27. The van der Waals surface area contributed by atoms with E-state index in [2.05, 4.69) is 0 Å². The predicted octanol–water partition coefficient (Wildman–Crippen LogP) is 1.64. The van der Waals surface area contributed by atoms with E-state index in [1.807, 2.05) is 0 Å². The summed E-state index contributed by atoms with van der Waals surface area (Å²) < 4.78 is 42.4. The van der Waals surface area contributed by atoms with Crippen LogP contribution in [0.15, 0.2) is 12.1 Å². The number of hydrogen-bond donors (Lipinski definition) is 1. The molecule has 0 unspecified atom stereocenters. The van der Waals surface area contributed by atoms with Crippen molar-refractivity contribution in [2.75, 3.05) is 19.4 Å². The Balaban J connectivity index is 3.00. The van der Waals surface area contributed by atoms with Crippen LogP contribution < -0.4 is 10.5 Å². The van der Waals surface area contributed by atoms with Gasteiger partial charge >= 0.3 is 0 Å². The van der Waals surface area contributed by atoms with Crippen molar-refractivity contribution in [3.8, 4) is 5.75 Å². The molecule has 0 saturated carbocycles. The maximum atomic E-state index is 13.6. The first-order chi connectivity index (χ1) is 8.43. The van der Waals surface area contributed by atoms with E-state index < -0.39 is 18.8 Å². The molecule has 100 valence electrons. The fourth-order valence-electron chi connectivity index (χ4n) is 1.41. The number of amides is 1. The Labute approximate surface area is 102 Å². The van der Waals surface area contributed by atoms with Crippen LogP contribution in [0, 0.1) is 5.82 Å². The van der Waals surface area contributed by atoms with Crippen molar-refractivity contribution >= 4 is 12.1 Å². The molecule has 1 aromatic rings. The van der Waals surface area contributed by atoms with Crippen LogP contribution in [0.1, 0.15) is 5.56 Å². The van der Waals surface area contributed by atoms with Crippen LogP contribution in [-0.2, 0) is 11.3 Å². The number of rotatable bonds is 6. The van der Waals surface area contributed by atoms with Gasteiger partial charge in [-0.05, 0) is 6.07 Å². The Hall–Kier alpha value is -1.92. The molecule has 7 heteroatoms. The van der Waals surface area contributed by atoms with Crippen LogP contribution >= 0.6 is 0 Å². The minimum atomic E-state index is -2.71. The van der Waals surface area contributed by atoms with Gasteiger partial charge in [0, 0.05) is 30.9 Å². The summed E-state index contributed by atoms with van der Waals surface area (Å²) in [5.74, 6) is -1.14. The highest BCUT2D eigenvalue weighted by molar-refractivity contribution is 5.52. The normalized spacial score (nSPS) is 10.5. The van der Waals surface area contributed by atoms with Gasteiger partial charge in [-0.25, -0.2) is 13.2 Å². The van der Waals surface area contributed by atoms with Crippen LogP contribution in [0.4, 0.5) is 18.9 Å². The van der Waals surface area contributed by atoms with E-state index in [0.717, 1.165) is 6.07 Å². The highest BCUT2D eigenvalue weighted by Gasteiger charge is 2.15. The number of hydrogen-bond acceptors (Lipinski definition) is 3. The number of carbonyl (C=O) groups is 1. The molecule has 0 aromatic heterocycles. The number of nitrogens with zero attached hydrogens (tertiary/aromatic N) is 1. The van der Waals surface area contributed by atoms with Crippen LogP contribution in [-0.4, -0.2) is 31.4 Å². The third-order valence-electron chi connectivity index (χ3n) is 2.10. The van der Waals surface area contributed by atoms with E-state index in [4.69, 9.17) is 10.5 Å². The van der Waals surface area contributed by atoms with Crippen molar-refractivity contribution in [3.63, 3.8) is 0 Å². The van der Waals surface area contributed by atoms with Crippen molar-refractivity contribution < 1.29 is 22.7 Å². The Morgan fingerprint density at radius 2 is 2.17 bits per heavy atom. The second-order valence-electron chi connectivity index (χ2n) is 3.71. The molecule has 0 aliphatic carbocycles. The fraction of sp³-hybridized carbons (Fsp3) is 0.364. The topological polar surface area (TPSA) is 55.6 Å². The van der Waals surface area contributed by atoms with Gasteiger partial charge in [0.2, 0.25) is 6.41 Å². The number of benzene rings is 1. The van der Waals surface area contributed by atoms with Gasteiger partial charge in [-0.2, -0.15) is 0 Å². The average molecular weight is 262 g/mol. The number of nitrogen functional groups attached to an aromatic ring is 1. The number of nitrogens with two attached hydrogens (primary N) is 1. The maximum Gasteiger partial charge on any atom is 0.272 e. The van der Waals surface area contributed by atoms with Crippen molar-refractivity contribution in [1.82, 2.24) is 4.90 Å². The van der Waals surface area contributed by atoms with Crippen molar-refractivity contribution in [2.45, 2.75) is 13.0 Å². The van der Waals surface area contributed by atoms with Gasteiger partial charge in [0.25, 0.3) is 6.43 Å². The van der Waals surface area contributed by atoms with E-state index in [-0.39, 0.29) is 23.5 Å².